The van der Waals surface area contributed by atoms with Crippen LogP contribution in [0.1, 0.15) is 32.3 Å². The number of likely N-dealkylation sites (N-methyl/N-ethyl adjacent to an activating group) is 2. The Kier molecular flexibility index (Phi) is 8.01. The van der Waals surface area contributed by atoms with E-state index in [4.69, 9.17) is 9.47 Å². The molecule has 25 heavy (non-hydrogen) atoms. The third-order valence-electron chi connectivity index (χ3n) is 4.58. The topological polar surface area (TPSA) is 62.8 Å². The maximum absolute atomic E-state index is 11.5. The fraction of sp³-hybridized carbons (Fsp3) is 0.632. The molecule has 1 aliphatic rings. The average Bonchev–Trinajstić information content (AvgIpc) is 3.08. The number of carbonyl (C=O) groups excluding carboxylic acids is 1. The lowest BCUT2D eigenvalue weighted by atomic mass is 10.2. The lowest BCUT2D eigenvalue weighted by Gasteiger charge is -2.23. The van der Waals surface area contributed by atoms with E-state index in [1.165, 1.54) is 19.4 Å². The second kappa shape index (κ2) is 10.3. The van der Waals surface area contributed by atoms with Gasteiger partial charge in [-0.25, -0.2) is 0 Å². The van der Waals surface area contributed by atoms with Gasteiger partial charge < -0.3 is 20.1 Å². The van der Waals surface area contributed by atoms with Crippen molar-refractivity contribution in [2.75, 3.05) is 39.9 Å². The van der Waals surface area contributed by atoms with Gasteiger partial charge in [0.25, 0.3) is 5.91 Å². The van der Waals surface area contributed by atoms with Crippen molar-refractivity contribution in [3.8, 4) is 11.5 Å². The van der Waals surface area contributed by atoms with Gasteiger partial charge in [-0.2, -0.15) is 0 Å². The Labute approximate surface area is 150 Å². The predicted molar refractivity (Wildman–Crippen MR) is 99.1 cm³/mol. The first-order valence-electron chi connectivity index (χ1n) is 9.19. The molecule has 0 bridgehead atoms. The second-order valence-electron chi connectivity index (χ2n) is 6.28. The van der Waals surface area contributed by atoms with Crippen molar-refractivity contribution in [1.29, 1.82) is 0 Å². The summed E-state index contributed by atoms with van der Waals surface area (Å²) >= 11 is 0. The second-order valence-corrected chi connectivity index (χ2v) is 6.28. The number of methoxy groups -OCH3 is 1. The summed E-state index contributed by atoms with van der Waals surface area (Å²) in [4.78, 5) is 14.0. The van der Waals surface area contributed by atoms with Crippen molar-refractivity contribution in [3.05, 3.63) is 23.8 Å². The number of hydrogen-bond donors (Lipinski definition) is 2. The predicted octanol–water partition coefficient (Wildman–Crippen LogP) is 1.78. The van der Waals surface area contributed by atoms with Crippen LogP contribution in [0.4, 0.5) is 0 Å². The standard InChI is InChI=1S/C19H31N3O3/c1-4-21-19(23)14-25-17-9-8-15(11-18(17)24-3)12-20-13-16-7-6-10-22(16)5-2/h8-9,11,16,20H,4-7,10,12-14H2,1-3H3,(H,21,23). The molecule has 0 aromatic heterocycles. The van der Waals surface area contributed by atoms with Crippen LogP contribution in [-0.2, 0) is 11.3 Å². The van der Waals surface area contributed by atoms with E-state index in [-0.39, 0.29) is 12.5 Å². The Bertz CT molecular complexity index is 551. The summed E-state index contributed by atoms with van der Waals surface area (Å²) < 4.78 is 10.9. The largest absolute Gasteiger partial charge is 0.493 e. The van der Waals surface area contributed by atoms with Crippen molar-refractivity contribution in [1.82, 2.24) is 15.5 Å². The van der Waals surface area contributed by atoms with E-state index in [1.54, 1.807) is 7.11 Å². The van der Waals surface area contributed by atoms with Crippen LogP contribution in [0.5, 0.6) is 11.5 Å². The Morgan fingerprint density at radius 1 is 1.32 bits per heavy atom. The molecule has 1 unspecified atom stereocenters. The number of hydrogen-bond acceptors (Lipinski definition) is 5. The summed E-state index contributed by atoms with van der Waals surface area (Å²) in [6.45, 7) is 8.84. The molecule has 1 aromatic carbocycles. The number of ether oxygens (including phenoxy) is 2. The monoisotopic (exact) mass is 349 g/mol. The molecule has 6 heteroatoms. The highest BCUT2D eigenvalue weighted by molar-refractivity contribution is 5.77. The fourth-order valence-electron chi connectivity index (χ4n) is 3.26. The Morgan fingerprint density at radius 3 is 2.88 bits per heavy atom. The summed E-state index contributed by atoms with van der Waals surface area (Å²) in [6.07, 6.45) is 2.57. The van der Waals surface area contributed by atoms with Crippen molar-refractivity contribution >= 4 is 5.91 Å². The Hall–Kier alpha value is -1.79. The third-order valence-corrected chi connectivity index (χ3v) is 4.58. The zero-order chi connectivity index (χ0) is 18.1. The highest BCUT2D eigenvalue weighted by atomic mass is 16.5. The zero-order valence-electron chi connectivity index (χ0n) is 15.6. The minimum absolute atomic E-state index is 0.00364. The first-order valence-corrected chi connectivity index (χ1v) is 9.19. The molecule has 0 spiro atoms. The van der Waals surface area contributed by atoms with Crippen LogP contribution >= 0.6 is 0 Å². The zero-order valence-corrected chi connectivity index (χ0v) is 15.6. The molecule has 0 aliphatic carbocycles. The fourth-order valence-corrected chi connectivity index (χ4v) is 3.26. The number of likely N-dealkylation sites (tertiary alicyclic amines) is 1. The lowest BCUT2D eigenvalue weighted by Crippen LogP contribution is -2.37. The van der Waals surface area contributed by atoms with Gasteiger partial charge >= 0.3 is 0 Å². The SMILES string of the molecule is CCNC(=O)COc1ccc(CNCC2CCCN2CC)cc1OC. The van der Waals surface area contributed by atoms with Gasteiger partial charge in [-0.05, 0) is 50.6 Å². The van der Waals surface area contributed by atoms with E-state index in [9.17, 15) is 4.79 Å². The molecule has 0 saturated carbocycles. The molecule has 2 rings (SSSR count). The highest BCUT2D eigenvalue weighted by Gasteiger charge is 2.22. The van der Waals surface area contributed by atoms with Crippen molar-refractivity contribution < 1.29 is 14.3 Å². The summed E-state index contributed by atoms with van der Waals surface area (Å²) in [5, 5.41) is 6.25. The molecule has 1 aliphatic heterocycles. The summed E-state index contributed by atoms with van der Waals surface area (Å²) in [5.41, 5.74) is 1.14. The molecule has 140 valence electrons. The molecule has 1 aromatic rings. The van der Waals surface area contributed by atoms with E-state index in [2.05, 4.69) is 22.5 Å². The van der Waals surface area contributed by atoms with Gasteiger partial charge in [0, 0.05) is 25.7 Å². The van der Waals surface area contributed by atoms with E-state index in [0.29, 0.717) is 24.1 Å². The van der Waals surface area contributed by atoms with Crippen LogP contribution in [-0.4, -0.2) is 56.7 Å². The van der Waals surface area contributed by atoms with Crippen LogP contribution < -0.4 is 20.1 Å². The van der Waals surface area contributed by atoms with Gasteiger partial charge in [-0.3, -0.25) is 9.69 Å². The maximum Gasteiger partial charge on any atom is 0.257 e. The molecule has 1 heterocycles. The Balaban J connectivity index is 1.84. The van der Waals surface area contributed by atoms with Crippen LogP contribution in [0.2, 0.25) is 0 Å². The van der Waals surface area contributed by atoms with Gasteiger partial charge in [-0.15, -0.1) is 0 Å². The van der Waals surface area contributed by atoms with Gasteiger partial charge in [0.05, 0.1) is 7.11 Å². The number of rotatable bonds is 10. The van der Waals surface area contributed by atoms with Crippen LogP contribution in [0, 0.1) is 0 Å². The average molecular weight is 349 g/mol. The minimum atomic E-state index is -0.132. The van der Waals surface area contributed by atoms with E-state index in [1.807, 2.05) is 25.1 Å². The van der Waals surface area contributed by atoms with Gasteiger partial charge in [0.2, 0.25) is 0 Å². The van der Waals surface area contributed by atoms with Crippen molar-refractivity contribution in [3.63, 3.8) is 0 Å². The third kappa shape index (κ3) is 5.90. The normalized spacial score (nSPS) is 17.5. The molecule has 1 atom stereocenters. The van der Waals surface area contributed by atoms with E-state index >= 15 is 0 Å². The lowest BCUT2D eigenvalue weighted by molar-refractivity contribution is -0.123. The molecule has 1 amide bonds. The summed E-state index contributed by atoms with van der Waals surface area (Å²) in [5.74, 6) is 1.11. The molecule has 1 fully saturated rings. The van der Waals surface area contributed by atoms with Crippen molar-refractivity contribution in [2.45, 2.75) is 39.3 Å². The molecular formula is C19H31N3O3. The first kappa shape index (κ1) is 19.5. The number of nitrogens with one attached hydrogen (secondary N) is 2. The quantitative estimate of drug-likeness (QED) is 0.674. The highest BCUT2D eigenvalue weighted by Crippen LogP contribution is 2.28. The van der Waals surface area contributed by atoms with Crippen LogP contribution in [0.3, 0.4) is 0 Å². The van der Waals surface area contributed by atoms with E-state index in [0.717, 1.165) is 25.2 Å². The van der Waals surface area contributed by atoms with E-state index < -0.39 is 0 Å². The molecule has 1 saturated heterocycles. The number of amides is 1. The number of carbonyl (C=O) groups is 1. The summed E-state index contributed by atoms with van der Waals surface area (Å²) in [7, 11) is 1.61. The number of nitrogens with zero attached hydrogens (tertiary/aromatic N) is 1. The van der Waals surface area contributed by atoms with Gasteiger partial charge in [-0.1, -0.05) is 13.0 Å². The van der Waals surface area contributed by atoms with Gasteiger partial charge in [0.15, 0.2) is 18.1 Å². The summed E-state index contributed by atoms with van der Waals surface area (Å²) in [6, 6.07) is 6.48. The minimum Gasteiger partial charge on any atom is -0.493 e. The number of benzene rings is 1. The van der Waals surface area contributed by atoms with Crippen LogP contribution in [0.25, 0.3) is 0 Å². The Morgan fingerprint density at radius 2 is 2.16 bits per heavy atom. The molecule has 0 radical (unpaired) electrons. The maximum atomic E-state index is 11.5. The molecular weight excluding hydrogens is 318 g/mol. The molecule has 2 N–H and O–H groups in total. The van der Waals surface area contributed by atoms with Crippen LogP contribution in [0.15, 0.2) is 18.2 Å². The van der Waals surface area contributed by atoms with Crippen molar-refractivity contribution in [2.24, 2.45) is 0 Å². The van der Waals surface area contributed by atoms with Gasteiger partial charge in [0.1, 0.15) is 0 Å². The molecule has 6 nitrogen and oxygen atoms in total. The first-order chi connectivity index (χ1) is 12.2. The smallest absolute Gasteiger partial charge is 0.257 e.